The number of hydrogen-bond donors (Lipinski definition) is 2. The lowest BCUT2D eigenvalue weighted by Gasteiger charge is -2.06. The van der Waals surface area contributed by atoms with Gasteiger partial charge >= 0.3 is 0 Å². The lowest BCUT2D eigenvalue weighted by Crippen LogP contribution is -2.10. The predicted molar refractivity (Wildman–Crippen MR) is 87.3 cm³/mol. The highest BCUT2D eigenvalue weighted by Crippen LogP contribution is 2.26. The summed E-state index contributed by atoms with van der Waals surface area (Å²) in [5.74, 6) is 5.43. The minimum atomic E-state index is -0.264. The van der Waals surface area contributed by atoms with Crippen LogP contribution in [-0.4, -0.2) is 17.6 Å². The number of aliphatic hydroxyl groups is 1. The number of anilines is 1. The molecule has 0 unspecified atom stereocenters. The molecule has 1 heterocycles. The van der Waals surface area contributed by atoms with Gasteiger partial charge in [-0.2, -0.15) is 0 Å². The third kappa shape index (κ3) is 4.48. The number of benzene rings is 1. The molecule has 0 saturated heterocycles. The number of rotatable bonds is 3. The van der Waals surface area contributed by atoms with Gasteiger partial charge in [0.2, 0.25) is 0 Å². The van der Waals surface area contributed by atoms with E-state index in [0.717, 1.165) is 4.88 Å². The van der Waals surface area contributed by atoms with Gasteiger partial charge in [0, 0.05) is 11.4 Å². The largest absolute Gasteiger partial charge is 0.395 e. The van der Waals surface area contributed by atoms with Gasteiger partial charge in [0.1, 0.15) is 0 Å². The van der Waals surface area contributed by atoms with Crippen LogP contribution in [-0.2, 0) is 0 Å². The molecular weight excluding hydrogens is 329 g/mol. The molecule has 1 aromatic carbocycles. The highest BCUT2D eigenvalue weighted by atomic mass is 35.5. The molecule has 2 aromatic rings. The van der Waals surface area contributed by atoms with Crippen molar-refractivity contribution in [3.8, 4) is 11.8 Å². The van der Waals surface area contributed by atoms with Crippen LogP contribution in [0, 0.1) is 11.8 Å². The topological polar surface area (TPSA) is 49.3 Å². The Hall–Kier alpha value is -1.51. The quantitative estimate of drug-likeness (QED) is 0.829. The molecule has 2 rings (SSSR count). The maximum atomic E-state index is 12.1. The lowest BCUT2D eigenvalue weighted by atomic mass is 10.3. The van der Waals surface area contributed by atoms with Crippen molar-refractivity contribution in [2.45, 2.75) is 6.42 Å². The molecule has 0 spiro atoms. The van der Waals surface area contributed by atoms with E-state index in [0.29, 0.717) is 27.0 Å². The third-order valence-electron chi connectivity index (χ3n) is 2.45. The monoisotopic (exact) mass is 339 g/mol. The highest BCUT2D eigenvalue weighted by Gasteiger charge is 2.11. The van der Waals surface area contributed by atoms with Crippen LogP contribution in [0.2, 0.25) is 10.0 Å². The van der Waals surface area contributed by atoms with Crippen molar-refractivity contribution in [3.05, 3.63) is 50.1 Å². The summed E-state index contributed by atoms with van der Waals surface area (Å²) < 4.78 is 0. The lowest BCUT2D eigenvalue weighted by molar-refractivity contribution is 0.103. The molecule has 2 N–H and O–H groups in total. The smallest absolute Gasteiger partial charge is 0.265 e. The third-order valence-corrected chi connectivity index (χ3v) is 4.02. The van der Waals surface area contributed by atoms with E-state index in [1.807, 2.05) is 0 Å². The maximum Gasteiger partial charge on any atom is 0.265 e. The Labute approximate surface area is 136 Å². The molecule has 108 valence electrons. The first-order chi connectivity index (χ1) is 10.1. The first-order valence-electron chi connectivity index (χ1n) is 6.06. The van der Waals surface area contributed by atoms with Gasteiger partial charge in [-0.05, 0) is 30.3 Å². The molecule has 0 bridgehead atoms. The number of aliphatic hydroxyl groups excluding tert-OH is 1. The van der Waals surface area contributed by atoms with E-state index >= 15 is 0 Å². The molecule has 3 nitrogen and oxygen atoms in total. The molecule has 6 heteroatoms. The zero-order chi connectivity index (χ0) is 15.2. The van der Waals surface area contributed by atoms with Crippen molar-refractivity contribution in [1.29, 1.82) is 0 Å². The zero-order valence-electron chi connectivity index (χ0n) is 10.8. The maximum absolute atomic E-state index is 12.1. The molecule has 0 atom stereocenters. The molecule has 0 aliphatic heterocycles. The van der Waals surface area contributed by atoms with Crippen LogP contribution in [0.5, 0.6) is 0 Å². The van der Waals surface area contributed by atoms with Crippen molar-refractivity contribution in [2.75, 3.05) is 11.9 Å². The van der Waals surface area contributed by atoms with Crippen LogP contribution in [0.25, 0.3) is 0 Å². The first kappa shape index (κ1) is 15.9. The first-order valence-corrected chi connectivity index (χ1v) is 7.63. The Bertz CT molecular complexity index is 716. The SMILES string of the molecule is O=C(Nc1cc(Cl)ccc1Cl)c1ccc(C#CCCO)s1. The summed E-state index contributed by atoms with van der Waals surface area (Å²) in [6, 6.07) is 8.33. The normalized spacial score (nSPS) is 9.86. The van der Waals surface area contributed by atoms with Gasteiger partial charge in [0.05, 0.1) is 27.1 Å². The molecule has 0 radical (unpaired) electrons. The Balaban J connectivity index is 2.11. The van der Waals surface area contributed by atoms with E-state index in [1.165, 1.54) is 11.3 Å². The summed E-state index contributed by atoms with van der Waals surface area (Å²) in [5, 5.41) is 12.3. The highest BCUT2D eigenvalue weighted by molar-refractivity contribution is 7.14. The summed E-state index contributed by atoms with van der Waals surface area (Å²) in [4.78, 5) is 13.4. The van der Waals surface area contributed by atoms with Gasteiger partial charge in [-0.25, -0.2) is 0 Å². The van der Waals surface area contributed by atoms with Gasteiger partial charge < -0.3 is 10.4 Å². The standard InChI is InChI=1S/C15H11Cl2NO2S/c16-10-4-6-12(17)13(9-10)18-15(20)14-7-5-11(21-14)3-1-2-8-19/h4-7,9,19H,2,8H2,(H,18,20). The van der Waals surface area contributed by atoms with Gasteiger partial charge in [-0.1, -0.05) is 35.0 Å². The van der Waals surface area contributed by atoms with Crippen LogP contribution >= 0.6 is 34.5 Å². The number of nitrogens with one attached hydrogen (secondary N) is 1. The molecule has 0 saturated carbocycles. The van der Waals surface area contributed by atoms with Gasteiger partial charge in [0.15, 0.2) is 0 Å². The predicted octanol–water partition coefficient (Wildman–Crippen LogP) is 4.04. The molecule has 0 aliphatic carbocycles. The number of carbonyl (C=O) groups excluding carboxylic acids is 1. The molecule has 21 heavy (non-hydrogen) atoms. The summed E-state index contributed by atoms with van der Waals surface area (Å²) >= 11 is 13.2. The van der Waals surface area contributed by atoms with E-state index in [4.69, 9.17) is 28.3 Å². The average molecular weight is 340 g/mol. The molecule has 0 aliphatic rings. The Morgan fingerprint density at radius 3 is 2.86 bits per heavy atom. The van der Waals surface area contributed by atoms with Crippen molar-refractivity contribution >= 4 is 46.1 Å². The van der Waals surface area contributed by atoms with Gasteiger partial charge in [-0.3, -0.25) is 4.79 Å². The van der Waals surface area contributed by atoms with E-state index in [1.54, 1.807) is 30.3 Å². The number of halogens is 2. The van der Waals surface area contributed by atoms with Crippen molar-refractivity contribution in [3.63, 3.8) is 0 Å². The number of hydrogen-bond acceptors (Lipinski definition) is 3. The second-order valence-corrected chi connectivity index (χ2v) is 5.94. The fraction of sp³-hybridized carbons (Fsp3) is 0.133. The van der Waals surface area contributed by atoms with Gasteiger partial charge in [-0.15, -0.1) is 11.3 Å². The van der Waals surface area contributed by atoms with Crippen LogP contribution in [0.1, 0.15) is 21.0 Å². The minimum absolute atomic E-state index is 0.0268. The van der Waals surface area contributed by atoms with E-state index in [-0.39, 0.29) is 12.5 Å². The fourth-order valence-electron chi connectivity index (χ4n) is 1.51. The van der Waals surface area contributed by atoms with Crippen molar-refractivity contribution in [1.82, 2.24) is 0 Å². The van der Waals surface area contributed by atoms with Crippen molar-refractivity contribution in [2.24, 2.45) is 0 Å². The Kier molecular flexibility index (Phi) is 5.66. The summed E-state index contributed by atoms with van der Waals surface area (Å²) in [6.07, 6.45) is 0.414. The van der Waals surface area contributed by atoms with E-state index in [2.05, 4.69) is 17.2 Å². The zero-order valence-corrected chi connectivity index (χ0v) is 13.1. The minimum Gasteiger partial charge on any atom is -0.395 e. The molecule has 1 amide bonds. The second-order valence-electron chi connectivity index (χ2n) is 4.02. The molecular formula is C15H11Cl2NO2S. The number of carbonyl (C=O) groups is 1. The average Bonchev–Trinajstić information content (AvgIpc) is 2.92. The summed E-state index contributed by atoms with van der Waals surface area (Å²) in [6.45, 7) is 0.0268. The Morgan fingerprint density at radius 1 is 1.29 bits per heavy atom. The van der Waals surface area contributed by atoms with Crippen LogP contribution in [0.4, 0.5) is 5.69 Å². The number of amides is 1. The van der Waals surface area contributed by atoms with E-state index in [9.17, 15) is 4.79 Å². The summed E-state index contributed by atoms with van der Waals surface area (Å²) in [5.41, 5.74) is 0.468. The van der Waals surface area contributed by atoms with Crippen molar-refractivity contribution < 1.29 is 9.90 Å². The number of thiophene rings is 1. The van der Waals surface area contributed by atoms with Crippen LogP contribution < -0.4 is 5.32 Å². The molecule has 0 fully saturated rings. The van der Waals surface area contributed by atoms with Crippen LogP contribution in [0.15, 0.2) is 30.3 Å². The second kappa shape index (κ2) is 7.48. The summed E-state index contributed by atoms with van der Waals surface area (Å²) in [7, 11) is 0. The molecule has 1 aromatic heterocycles. The Morgan fingerprint density at radius 2 is 2.10 bits per heavy atom. The fourth-order valence-corrected chi connectivity index (χ4v) is 2.62. The van der Waals surface area contributed by atoms with E-state index < -0.39 is 0 Å². The van der Waals surface area contributed by atoms with Crippen LogP contribution in [0.3, 0.4) is 0 Å². The van der Waals surface area contributed by atoms with Gasteiger partial charge in [0.25, 0.3) is 5.91 Å².